The molecule has 0 aliphatic carbocycles. The molecule has 2 heterocycles. The zero-order valence-corrected chi connectivity index (χ0v) is 17.8. The van der Waals surface area contributed by atoms with Gasteiger partial charge in [0, 0.05) is 38.1 Å². The Morgan fingerprint density at radius 1 is 0.969 bits per heavy atom. The number of nitrogens with zero attached hydrogens (tertiary/aromatic N) is 1. The number of hydrogen-bond donors (Lipinski definition) is 1. The standard InChI is InChI=1S/C26H26F2N2O2/c27-23-9-8-21(17-24(23)28)20-6-4-19(5-7-20)18-26(11-15-32-16-12-26)25(31)30-14-10-22-3-1-2-13-29-22/h1-9,13,17H,10-12,14-16,18H2,(H,30,31). The highest BCUT2D eigenvalue weighted by Gasteiger charge is 2.39. The highest BCUT2D eigenvalue weighted by Crippen LogP contribution is 2.35. The lowest BCUT2D eigenvalue weighted by Gasteiger charge is -2.36. The Morgan fingerprint density at radius 2 is 1.72 bits per heavy atom. The van der Waals surface area contributed by atoms with Crippen molar-refractivity contribution in [2.75, 3.05) is 19.8 Å². The lowest BCUT2D eigenvalue weighted by atomic mass is 9.74. The van der Waals surface area contributed by atoms with Gasteiger partial charge in [-0.05, 0) is 60.2 Å². The van der Waals surface area contributed by atoms with E-state index in [1.165, 1.54) is 6.07 Å². The summed E-state index contributed by atoms with van der Waals surface area (Å²) in [5.74, 6) is -1.68. The summed E-state index contributed by atoms with van der Waals surface area (Å²) in [5.41, 5.74) is 2.86. The number of nitrogens with one attached hydrogen (secondary N) is 1. The Bertz CT molecular complexity index is 1050. The van der Waals surface area contributed by atoms with Crippen molar-refractivity contribution in [3.8, 4) is 11.1 Å². The average Bonchev–Trinajstić information content (AvgIpc) is 2.82. The van der Waals surface area contributed by atoms with E-state index < -0.39 is 17.0 Å². The third kappa shape index (κ3) is 5.19. The van der Waals surface area contributed by atoms with Gasteiger partial charge in [-0.1, -0.05) is 36.4 Å². The van der Waals surface area contributed by atoms with Crippen LogP contribution in [0.15, 0.2) is 66.9 Å². The molecule has 0 unspecified atom stereocenters. The normalized spacial score (nSPS) is 15.3. The molecule has 1 amide bonds. The van der Waals surface area contributed by atoms with Gasteiger partial charge in [-0.15, -0.1) is 0 Å². The predicted octanol–water partition coefficient (Wildman–Crippen LogP) is 4.73. The Hall–Kier alpha value is -3.12. The van der Waals surface area contributed by atoms with Gasteiger partial charge >= 0.3 is 0 Å². The fourth-order valence-electron chi connectivity index (χ4n) is 4.17. The summed E-state index contributed by atoms with van der Waals surface area (Å²) in [6.45, 7) is 1.65. The summed E-state index contributed by atoms with van der Waals surface area (Å²) >= 11 is 0. The van der Waals surface area contributed by atoms with Crippen LogP contribution in [0.4, 0.5) is 8.78 Å². The van der Waals surface area contributed by atoms with Gasteiger partial charge in [0.25, 0.3) is 0 Å². The quantitative estimate of drug-likeness (QED) is 0.583. The molecule has 4 nitrogen and oxygen atoms in total. The molecular formula is C26H26F2N2O2. The van der Waals surface area contributed by atoms with Crippen molar-refractivity contribution < 1.29 is 18.3 Å². The predicted molar refractivity (Wildman–Crippen MR) is 119 cm³/mol. The molecule has 4 rings (SSSR count). The van der Waals surface area contributed by atoms with E-state index in [1.807, 2.05) is 42.5 Å². The van der Waals surface area contributed by atoms with Gasteiger partial charge in [0.15, 0.2) is 11.6 Å². The highest BCUT2D eigenvalue weighted by atomic mass is 19.2. The van der Waals surface area contributed by atoms with Crippen molar-refractivity contribution in [1.29, 1.82) is 0 Å². The van der Waals surface area contributed by atoms with E-state index in [0.29, 0.717) is 51.0 Å². The van der Waals surface area contributed by atoms with Gasteiger partial charge in [-0.2, -0.15) is 0 Å². The van der Waals surface area contributed by atoms with Gasteiger partial charge in [0.05, 0.1) is 5.41 Å². The van der Waals surface area contributed by atoms with Crippen molar-refractivity contribution >= 4 is 5.91 Å². The van der Waals surface area contributed by atoms with Crippen LogP contribution in [0.1, 0.15) is 24.1 Å². The molecule has 2 aromatic carbocycles. The second kappa shape index (κ2) is 10.0. The Labute approximate surface area is 186 Å². The fourth-order valence-corrected chi connectivity index (χ4v) is 4.17. The summed E-state index contributed by atoms with van der Waals surface area (Å²) in [4.78, 5) is 17.5. The maximum Gasteiger partial charge on any atom is 0.226 e. The molecule has 1 N–H and O–H groups in total. The third-order valence-electron chi connectivity index (χ3n) is 6.07. The second-order valence-corrected chi connectivity index (χ2v) is 8.22. The van der Waals surface area contributed by atoms with Gasteiger partial charge in [-0.25, -0.2) is 8.78 Å². The third-order valence-corrected chi connectivity index (χ3v) is 6.07. The fraction of sp³-hybridized carbons (Fsp3) is 0.308. The summed E-state index contributed by atoms with van der Waals surface area (Å²) in [7, 11) is 0. The first-order chi connectivity index (χ1) is 15.6. The smallest absolute Gasteiger partial charge is 0.226 e. The molecule has 1 aromatic heterocycles. The number of ether oxygens (including phenoxy) is 1. The number of carbonyl (C=O) groups is 1. The van der Waals surface area contributed by atoms with Crippen LogP contribution >= 0.6 is 0 Å². The molecule has 32 heavy (non-hydrogen) atoms. The number of aromatic nitrogens is 1. The second-order valence-electron chi connectivity index (χ2n) is 8.22. The molecule has 166 valence electrons. The molecule has 0 bridgehead atoms. The zero-order valence-electron chi connectivity index (χ0n) is 17.8. The van der Waals surface area contributed by atoms with Crippen LogP contribution in [0.2, 0.25) is 0 Å². The monoisotopic (exact) mass is 436 g/mol. The van der Waals surface area contributed by atoms with Crippen molar-refractivity contribution in [2.45, 2.75) is 25.7 Å². The lowest BCUT2D eigenvalue weighted by Crippen LogP contribution is -2.46. The van der Waals surface area contributed by atoms with E-state index in [1.54, 1.807) is 12.3 Å². The van der Waals surface area contributed by atoms with Crippen LogP contribution in [0.3, 0.4) is 0 Å². The molecule has 0 saturated carbocycles. The van der Waals surface area contributed by atoms with Crippen LogP contribution in [0, 0.1) is 17.0 Å². The number of pyridine rings is 1. The number of hydrogen-bond acceptors (Lipinski definition) is 3. The van der Waals surface area contributed by atoms with E-state index in [-0.39, 0.29) is 5.91 Å². The molecule has 1 saturated heterocycles. The van der Waals surface area contributed by atoms with E-state index in [9.17, 15) is 13.6 Å². The SMILES string of the molecule is O=C(NCCc1ccccn1)C1(Cc2ccc(-c3ccc(F)c(F)c3)cc2)CCOCC1. The van der Waals surface area contributed by atoms with Gasteiger partial charge in [0.2, 0.25) is 5.91 Å². The van der Waals surface area contributed by atoms with Crippen molar-refractivity contribution in [3.63, 3.8) is 0 Å². The van der Waals surface area contributed by atoms with E-state index in [4.69, 9.17) is 4.74 Å². The highest BCUT2D eigenvalue weighted by molar-refractivity contribution is 5.83. The van der Waals surface area contributed by atoms with E-state index in [0.717, 1.165) is 22.9 Å². The number of halogens is 2. The molecule has 1 aliphatic heterocycles. The summed E-state index contributed by atoms with van der Waals surface area (Å²) < 4.78 is 32.3. The molecule has 1 aliphatic rings. The largest absolute Gasteiger partial charge is 0.381 e. The minimum Gasteiger partial charge on any atom is -0.381 e. The van der Waals surface area contributed by atoms with Gasteiger partial charge in [-0.3, -0.25) is 9.78 Å². The first kappa shape index (κ1) is 22.1. The van der Waals surface area contributed by atoms with Crippen LogP contribution < -0.4 is 5.32 Å². The minimum atomic E-state index is -0.866. The summed E-state index contributed by atoms with van der Waals surface area (Å²) in [6.07, 6.45) is 4.35. The number of rotatable bonds is 7. The lowest BCUT2D eigenvalue weighted by molar-refractivity contribution is -0.136. The molecule has 3 aromatic rings. The number of amides is 1. The molecule has 6 heteroatoms. The first-order valence-electron chi connectivity index (χ1n) is 10.9. The van der Waals surface area contributed by atoms with Crippen LogP contribution in [0.25, 0.3) is 11.1 Å². The summed E-state index contributed by atoms with van der Waals surface area (Å²) in [5, 5.41) is 3.10. The van der Waals surface area contributed by atoms with Crippen molar-refractivity contribution in [3.05, 3.63) is 89.8 Å². The maximum absolute atomic E-state index is 13.6. The minimum absolute atomic E-state index is 0.0430. The first-order valence-corrected chi connectivity index (χ1v) is 10.9. The van der Waals surface area contributed by atoms with Gasteiger partial charge < -0.3 is 10.1 Å². The molecule has 0 atom stereocenters. The maximum atomic E-state index is 13.6. The molecule has 1 fully saturated rings. The zero-order chi connectivity index (χ0) is 22.4. The van der Waals surface area contributed by atoms with Crippen LogP contribution in [-0.4, -0.2) is 30.6 Å². The number of benzene rings is 2. The van der Waals surface area contributed by atoms with Crippen LogP contribution in [0.5, 0.6) is 0 Å². The molecular weight excluding hydrogens is 410 g/mol. The topological polar surface area (TPSA) is 51.2 Å². The molecule has 0 spiro atoms. The Morgan fingerprint density at radius 3 is 2.41 bits per heavy atom. The molecule has 0 radical (unpaired) electrons. The number of carbonyl (C=O) groups excluding carboxylic acids is 1. The Kier molecular flexibility index (Phi) is 6.90. The average molecular weight is 437 g/mol. The summed E-state index contributed by atoms with van der Waals surface area (Å²) in [6, 6.07) is 17.3. The van der Waals surface area contributed by atoms with E-state index in [2.05, 4.69) is 10.3 Å². The van der Waals surface area contributed by atoms with E-state index >= 15 is 0 Å². The van der Waals surface area contributed by atoms with Crippen LogP contribution in [-0.2, 0) is 22.4 Å². The van der Waals surface area contributed by atoms with Crippen molar-refractivity contribution in [1.82, 2.24) is 10.3 Å². The van der Waals surface area contributed by atoms with Crippen molar-refractivity contribution in [2.24, 2.45) is 5.41 Å². The van der Waals surface area contributed by atoms with Gasteiger partial charge in [0.1, 0.15) is 0 Å². The Balaban J connectivity index is 1.44.